The molecule has 2 heterocycles. The first-order valence-corrected chi connectivity index (χ1v) is 9.44. The zero-order chi connectivity index (χ0) is 21.1. The lowest BCUT2D eigenvalue weighted by atomic mass is 10.1. The summed E-state index contributed by atoms with van der Waals surface area (Å²) in [6.07, 6.45) is 1.42. The van der Waals surface area contributed by atoms with Gasteiger partial charge < -0.3 is 9.84 Å². The Morgan fingerprint density at radius 1 is 1.20 bits per heavy atom. The molecule has 0 saturated carbocycles. The quantitative estimate of drug-likeness (QED) is 0.531. The van der Waals surface area contributed by atoms with Gasteiger partial charge in [0.05, 0.1) is 0 Å². The van der Waals surface area contributed by atoms with Gasteiger partial charge in [-0.05, 0) is 24.6 Å². The molecule has 0 aliphatic rings. The number of carbonyl (C=O) groups is 1. The molecule has 0 saturated heterocycles. The zero-order valence-electron chi connectivity index (χ0n) is 16.3. The van der Waals surface area contributed by atoms with Crippen molar-refractivity contribution in [3.63, 3.8) is 0 Å². The van der Waals surface area contributed by atoms with E-state index in [1.54, 1.807) is 12.1 Å². The van der Waals surface area contributed by atoms with Crippen LogP contribution in [0.4, 0.5) is 4.39 Å². The van der Waals surface area contributed by atoms with Gasteiger partial charge in [-0.3, -0.25) is 14.2 Å². The molecule has 8 heteroatoms. The topological polar surface area (TPSA) is 90.0 Å². The van der Waals surface area contributed by atoms with Crippen LogP contribution in [-0.2, 0) is 17.9 Å². The van der Waals surface area contributed by atoms with Crippen molar-refractivity contribution >= 4 is 17.0 Å². The predicted octanol–water partition coefficient (Wildman–Crippen LogP) is 3.21. The number of fused-ring (bicyclic) bond motifs is 1. The molecular weight excluding hydrogens is 387 g/mol. The third-order valence-electron chi connectivity index (χ3n) is 4.75. The third kappa shape index (κ3) is 4.12. The Bertz CT molecular complexity index is 1260. The van der Waals surface area contributed by atoms with E-state index in [9.17, 15) is 14.0 Å². The van der Waals surface area contributed by atoms with E-state index >= 15 is 0 Å². The molecule has 1 N–H and O–H groups in total. The van der Waals surface area contributed by atoms with Gasteiger partial charge in [0, 0.05) is 25.1 Å². The predicted molar refractivity (Wildman–Crippen MR) is 109 cm³/mol. The minimum atomic E-state index is -0.356. The first kappa shape index (κ1) is 19.5. The van der Waals surface area contributed by atoms with Crippen molar-refractivity contribution in [2.24, 2.45) is 0 Å². The highest BCUT2D eigenvalue weighted by atomic mass is 19.1. The molecule has 1 amide bonds. The van der Waals surface area contributed by atoms with E-state index in [4.69, 9.17) is 4.52 Å². The summed E-state index contributed by atoms with van der Waals surface area (Å²) in [6.45, 7) is 2.33. The minimum Gasteiger partial charge on any atom is -0.352 e. The second kappa shape index (κ2) is 8.28. The summed E-state index contributed by atoms with van der Waals surface area (Å²) < 4.78 is 19.8. The van der Waals surface area contributed by atoms with Crippen molar-refractivity contribution in [3.8, 4) is 11.3 Å². The van der Waals surface area contributed by atoms with Gasteiger partial charge in [-0.2, -0.15) is 0 Å². The van der Waals surface area contributed by atoms with Crippen LogP contribution >= 0.6 is 0 Å². The number of nitrogens with one attached hydrogen (secondary N) is 1. The molecule has 0 spiro atoms. The number of carbonyl (C=O) groups excluding carboxylic acids is 1. The van der Waals surface area contributed by atoms with Crippen molar-refractivity contribution in [3.05, 3.63) is 82.2 Å². The second-order valence-corrected chi connectivity index (χ2v) is 6.98. The molecule has 30 heavy (non-hydrogen) atoms. The largest absolute Gasteiger partial charge is 0.352 e. The maximum absolute atomic E-state index is 13.2. The fourth-order valence-electron chi connectivity index (χ4n) is 3.11. The number of benzene rings is 2. The Hall–Kier alpha value is -3.81. The van der Waals surface area contributed by atoms with Crippen molar-refractivity contribution in [2.75, 3.05) is 0 Å². The minimum absolute atomic E-state index is 0.0769. The molecular formula is C22H19FN4O3. The maximum atomic E-state index is 13.2. The van der Waals surface area contributed by atoms with E-state index in [-0.39, 0.29) is 47.9 Å². The molecule has 0 aliphatic heterocycles. The first-order chi connectivity index (χ1) is 14.5. The average Bonchev–Trinajstić information content (AvgIpc) is 3.17. The van der Waals surface area contributed by atoms with Crippen LogP contribution in [0.25, 0.3) is 22.4 Å². The summed E-state index contributed by atoms with van der Waals surface area (Å²) in [4.78, 5) is 29.2. The van der Waals surface area contributed by atoms with Gasteiger partial charge in [-0.15, -0.1) is 0 Å². The van der Waals surface area contributed by atoms with Crippen LogP contribution in [0.3, 0.4) is 0 Å². The van der Waals surface area contributed by atoms with E-state index in [0.717, 1.165) is 11.1 Å². The van der Waals surface area contributed by atoms with E-state index in [2.05, 4.69) is 15.5 Å². The lowest BCUT2D eigenvalue weighted by molar-refractivity contribution is -0.121. The number of aromatic nitrogens is 3. The van der Waals surface area contributed by atoms with Gasteiger partial charge in [-0.25, -0.2) is 9.37 Å². The monoisotopic (exact) mass is 406 g/mol. The number of aryl methyl sites for hydroxylation is 2. The molecule has 0 fully saturated rings. The molecule has 2 aromatic heterocycles. The van der Waals surface area contributed by atoms with Crippen LogP contribution in [0.15, 0.2) is 64.2 Å². The van der Waals surface area contributed by atoms with Gasteiger partial charge >= 0.3 is 0 Å². The summed E-state index contributed by atoms with van der Waals surface area (Å²) in [5, 5.41) is 7.00. The number of rotatable bonds is 6. The zero-order valence-corrected chi connectivity index (χ0v) is 16.3. The summed E-state index contributed by atoms with van der Waals surface area (Å²) >= 11 is 0. The van der Waals surface area contributed by atoms with Gasteiger partial charge in [0.1, 0.15) is 23.2 Å². The Morgan fingerprint density at radius 3 is 2.77 bits per heavy atom. The number of amides is 1. The smallest absolute Gasteiger partial charge is 0.266 e. The van der Waals surface area contributed by atoms with Crippen molar-refractivity contribution in [2.45, 2.75) is 26.4 Å². The van der Waals surface area contributed by atoms with E-state index in [0.29, 0.717) is 11.3 Å². The van der Waals surface area contributed by atoms with Crippen molar-refractivity contribution in [1.82, 2.24) is 20.0 Å². The highest BCUT2D eigenvalue weighted by Gasteiger charge is 2.17. The number of hydrogen-bond donors (Lipinski definition) is 1. The molecule has 4 aromatic rings. The fraction of sp³-hybridized carbons (Fsp3) is 0.182. The second-order valence-electron chi connectivity index (χ2n) is 6.98. The molecule has 0 unspecified atom stereocenters. The van der Waals surface area contributed by atoms with E-state index in [1.807, 2.05) is 31.2 Å². The number of nitrogens with zero attached hydrogens (tertiary/aromatic N) is 3. The summed E-state index contributed by atoms with van der Waals surface area (Å²) in [5.41, 5.74) is 2.76. The average molecular weight is 406 g/mol. The standard InChI is InChI=1S/C22H19FN4O3/c1-14-5-7-16(8-6-14)20-19-21(30-26-20)25-13-27(22(19)29)10-9-18(28)24-12-15-3-2-4-17(23)11-15/h2-8,11,13H,9-10,12H2,1H3,(H,24,28). The molecule has 0 radical (unpaired) electrons. The normalized spacial score (nSPS) is 11.0. The SMILES string of the molecule is Cc1ccc(-c2noc3ncn(CCC(=O)NCc4cccc(F)c4)c(=O)c23)cc1. The number of hydrogen-bond acceptors (Lipinski definition) is 5. The van der Waals surface area contributed by atoms with Crippen LogP contribution in [-0.4, -0.2) is 20.6 Å². The van der Waals surface area contributed by atoms with Crippen LogP contribution in [0, 0.1) is 12.7 Å². The lowest BCUT2D eigenvalue weighted by Gasteiger charge is -2.07. The Morgan fingerprint density at radius 2 is 2.00 bits per heavy atom. The summed E-state index contributed by atoms with van der Waals surface area (Å²) in [7, 11) is 0. The van der Waals surface area contributed by atoms with Crippen LogP contribution in [0.1, 0.15) is 17.5 Å². The fourth-order valence-corrected chi connectivity index (χ4v) is 3.11. The van der Waals surface area contributed by atoms with E-state index in [1.165, 1.54) is 23.0 Å². The Balaban J connectivity index is 1.48. The van der Waals surface area contributed by atoms with E-state index < -0.39 is 0 Å². The van der Waals surface area contributed by atoms with Crippen LogP contribution in [0.2, 0.25) is 0 Å². The molecule has 0 aliphatic carbocycles. The Labute approximate surface area is 171 Å². The van der Waals surface area contributed by atoms with Gasteiger partial charge in [0.15, 0.2) is 0 Å². The molecule has 0 atom stereocenters. The van der Waals surface area contributed by atoms with Crippen molar-refractivity contribution in [1.29, 1.82) is 0 Å². The molecule has 0 bridgehead atoms. The van der Waals surface area contributed by atoms with Crippen LogP contribution in [0.5, 0.6) is 0 Å². The van der Waals surface area contributed by atoms with Gasteiger partial charge in [0.25, 0.3) is 11.3 Å². The third-order valence-corrected chi connectivity index (χ3v) is 4.75. The highest BCUT2D eigenvalue weighted by molar-refractivity contribution is 5.88. The van der Waals surface area contributed by atoms with Crippen molar-refractivity contribution < 1.29 is 13.7 Å². The Kier molecular flexibility index (Phi) is 5.38. The molecule has 4 rings (SSSR count). The van der Waals surface area contributed by atoms with Crippen LogP contribution < -0.4 is 10.9 Å². The summed E-state index contributed by atoms with van der Waals surface area (Å²) in [6, 6.07) is 13.6. The molecule has 2 aromatic carbocycles. The molecule has 7 nitrogen and oxygen atoms in total. The molecule has 152 valence electrons. The maximum Gasteiger partial charge on any atom is 0.266 e. The highest BCUT2D eigenvalue weighted by Crippen LogP contribution is 2.24. The van der Waals surface area contributed by atoms with Gasteiger partial charge in [0.2, 0.25) is 5.91 Å². The lowest BCUT2D eigenvalue weighted by Crippen LogP contribution is -2.27. The van der Waals surface area contributed by atoms with Gasteiger partial charge in [-0.1, -0.05) is 47.1 Å². The summed E-state index contributed by atoms with van der Waals surface area (Å²) in [5.74, 6) is -0.610. The number of halogens is 1. The first-order valence-electron chi connectivity index (χ1n) is 9.44.